The number of hydrogen-bond donors (Lipinski definition) is 1. The van der Waals surface area contributed by atoms with Gasteiger partial charge in [0.2, 0.25) is 0 Å². The molecule has 0 aliphatic carbocycles. The van der Waals surface area contributed by atoms with Crippen LogP contribution >= 0.6 is 0 Å². The molecule has 134 valence electrons. The molecule has 0 radical (unpaired) electrons. The summed E-state index contributed by atoms with van der Waals surface area (Å²) in [4.78, 5) is 37.6. The lowest BCUT2D eigenvalue weighted by molar-refractivity contribution is -0.136. The molecule has 0 saturated carbocycles. The minimum Gasteiger partial charge on any atom is -0.497 e. The lowest BCUT2D eigenvalue weighted by atomic mass is 9.82. The van der Waals surface area contributed by atoms with E-state index in [4.69, 9.17) is 9.47 Å². The first-order valence-electron chi connectivity index (χ1n) is 8.05. The third-order valence-corrected chi connectivity index (χ3v) is 4.87. The molecule has 1 N–H and O–H groups in total. The second-order valence-corrected chi connectivity index (χ2v) is 6.27. The largest absolute Gasteiger partial charge is 0.497 e. The van der Waals surface area contributed by atoms with Gasteiger partial charge in [0.1, 0.15) is 18.2 Å². The van der Waals surface area contributed by atoms with Gasteiger partial charge >= 0.3 is 11.7 Å². The summed E-state index contributed by atoms with van der Waals surface area (Å²) in [5, 5.41) is 3.05. The number of cyclic esters (lactones) is 1. The summed E-state index contributed by atoms with van der Waals surface area (Å²) in [7, 11) is 4.55. The molecule has 1 aromatic carbocycles. The van der Waals surface area contributed by atoms with Crippen LogP contribution in [0.3, 0.4) is 0 Å². The number of anilines is 1. The molecule has 1 aromatic heterocycles. The quantitative estimate of drug-likeness (QED) is 0.787. The van der Waals surface area contributed by atoms with Crippen molar-refractivity contribution in [3.63, 3.8) is 0 Å². The molecule has 0 fully saturated rings. The summed E-state index contributed by atoms with van der Waals surface area (Å²) in [6.07, 6.45) is 0. The van der Waals surface area contributed by atoms with Gasteiger partial charge in [-0.1, -0.05) is 12.1 Å². The molecule has 4 rings (SSSR count). The van der Waals surface area contributed by atoms with Gasteiger partial charge in [-0.05, 0) is 17.7 Å². The highest BCUT2D eigenvalue weighted by atomic mass is 16.5. The Morgan fingerprint density at radius 3 is 2.69 bits per heavy atom. The fraction of sp³-hybridized carbons (Fsp3) is 0.278. The standard InChI is InChI=1S/C18H17N3O5/c1-20-15-14(16(22)21(2)18(20)24)12(9-5-4-6-10(7-9)25-3)13-11(19-15)8-26-17(13)23/h4-7,12,19H,8H2,1-3H3. The van der Waals surface area contributed by atoms with Gasteiger partial charge in [0.15, 0.2) is 0 Å². The second-order valence-electron chi connectivity index (χ2n) is 6.27. The highest BCUT2D eigenvalue weighted by molar-refractivity contribution is 5.96. The van der Waals surface area contributed by atoms with Crippen molar-refractivity contribution in [1.82, 2.24) is 9.13 Å². The lowest BCUT2D eigenvalue weighted by Crippen LogP contribution is -2.43. The van der Waals surface area contributed by atoms with Gasteiger partial charge in [-0.15, -0.1) is 0 Å². The van der Waals surface area contributed by atoms with Crippen LogP contribution < -0.4 is 21.3 Å². The Labute approximate surface area is 148 Å². The van der Waals surface area contributed by atoms with Crippen molar-refractivity contribution >= 4 is 11.8 Å². The normalized spacial score (nSPS) is 18.1. The molecule has 2 aromatic rings. The van der Waals surface area contributed by atoms with E-state index < -0.39 is 23.1 Å². The number of carbonyl (C=O) groups excluding carboxylic acids is 1. The zero-order valence-corrected chi connectivity index (χ0v) is 14.5. The van der Waals surface area contributed by atoms with E-state index in [1.54, 1.807) is 32.4 Å². The molecule has 2 aliphatic heterocycles. The lowest BCUT2D eigenvalue weighted by Gasteiger charge is -2.28. The van der Waals surface area contributed by atoms with Gasteiger partial charge < -0.3 is 14.8 Å². The molecular formula is C18H17N3O5. The molecule has 0 saturated heterocycles. The van der Waals surface area contributed by atoms with E-state index in [0.717, 1.165) is 4.57 Å². The van der Waals surface area contributed by atoms with Crippen LogP contribution in [0, 0.1) is 0 Å². The Morgan fingerprint density at radius 2 is 1.96 bits per heavy atom. The van der Waals surface area contributed by atoms with Gasteiger partial charge in [-0.3, -0.25) is 13.9 Å². The first-order chi connectivity index (χ1) is 12.4. The summed E-state index contributed by atoms with van der Waals surface area (Å²) >= 11 is 0. The number of nitrogens with zero attached hydrogens (tertiary/aromatic N) is 2. The fourth-order valence-corrected chi connectivity index (χ4v) is 3.54. The molecule has 0 spiro atoms. The minimum atomic E-state index is -0.642. The summed E-state index contributed by atoms with van der Waals surface area (Å²) in [6, 6.07) is 7.18. The van der Waals surface area contributed by atoms with Crippen molar-refractivity contribution < 1.29 is 14.3 Å². The number of ether oxygens (including phenoxy) is 2. The Morgan fingerprint density at radius 1 is 1.19 bits per heavy atom. The zero-order valence-electron chi connectivity index (χ0n) is 14.5. The minimum absolute atomic E-state index is 0.0808. The topological polar surface area (TPSA) is 91.6 Å². The van der Waals surface area contributed by atoms with Crippen molar-refractivity contribution in [2.75, 3.05) is 19.0 Å². The molecule has 1 atom stereocenters. The highest BCUT2D eigenvalue weighted by Crippen LogP contribution is 2.42. The molecule has 8 nitrogen and oxygen atoms in total. The Hall–Kier alpha value is -3.29. The molecule has 3 heterocycles. The van der Waals surface area contributed by atoms with Crippen molar-refractivity contribution in [3.05, 3.63) is 67.5 Å². The van der Waals surface area contributed by atoms with E-state index in [9.17, 15) is 14.4 Å². The smallest absolute Gasteiger partial charge is 0.337 e. The summed E-state index contributed by atoms with van der Waals surface area (Å²) in [6.45, 7) is 0.0808. The average molecular weight is 355 g/mol. The molecule has 8 heteroatoms. The van der Waals surface area contributed by atoms with E-state index in [1.165, 1.54) is 11.6 Å². The second kappa shape index (κ2) is 5.62. The van der Waals surface area contributed by atoms with E-state index in [2.05, 4.69) is 5.32 Å². The predicted molar refractivity (Wildman–Crippen MR) is 93.4 cm³/mol. The van der Waals surface area contributed by atoms with Gasteiger partial charge in [0.25, 0.3) is 5.56 Å². The number of methoxy groups -OCH3 is 1. The van der Waals surface area contributed by atoms with Gasteiger partial charge in [-0.2, -0.15) is 0 Å². The van der Waals surface area contributed by atoms with Crippen LogP contribution in [0.25, 0.3) is 0 Å². The fourth-order valence-electron chi connectivity index (χ4n) is 3.54. The maximum absolute atomic E-state index is 12.9. The summed E-state index contributed by atoms with van der Waals surface area (Å²) in [5.41, 5.74) is 1.12. The Bertz CT molecular complexity index is 1090. The first kappa shape index (κ1) is 16.2. The molecule has 0 bridgehead atoms. The van der Waals surface area contributed by atoms with Crippen molar-refractivity contribution in [2.45, 2.75) is 5.92 Å². The van der Waals surface area contributed by atoms with Crippen LogP contribution in [0.1, 0.15) is 17.0 Å². The number of benzene rings is 1. The highest BCUT2D eigenvalue weighted by Gasteiger charge is 2.41. The molecular weight excluding hydrogens is 338 g/mol. The third-order valence-electron chi connectivity index (χ3n) is 4.87. The maximum atomic E-state index is 12.9. The van der Waals surface area contributed by atoms with Crippen molar-refractivity contribution in [1.29, 1.82) is 0 Å². The number of esters is 1. The van der Waals surface area contributed by atoms with Crippen LogP contribution in [0.4, 0.5) is 5.82 Å². The van der Waals surface area contributed by atoms with Crippen LogP contribution in [0.15, 0.2) is 45.1 Å². The first-order valence-corrected chi connectivity index (χ1v) is 8.05. The maximum Gasteiger partial charge on any atom is 0.337 e. The van der Waals surface area contributed by atoms with E-state index in [-0.39, 0.29) is 6.61 Å². The average Bonchev–Trinajstić information content (AvgIpc) is 3.03. The van der Waals surface area contributed by atoms with Crippen LogP contribution in [-0.2, 0) is 23.6 Å². The van der Waals surface area contributed by atoms with Crippen LogP contribution in [-0.4, -0.2) is 28.8 Å². The van der Waals surface area contributed by atoms with Gasteiger partial charge in [0, 0.05) is 14.1 Å². The van der Waals surface area contributed by atoms with Crippen molar-refractivity contribution in [3.8, 4) is 5.75 Å². The van der Waals surface area contributed by atoms with Crippen LogP contribution in [0.2, 0.25) is 0 Å². The number of aromatic nitrogens is 2. The van der Waals surface area contributed by atoms with Crippen LogP contribution in [0.5, 0.6) is 5.75 Å². The number of hydrogen-bond acceptors (Lipinski definition) is 6. The van der Waals surface area contributed by atoms with E-state index in [1.807, 2.05) is 6.07 Å². The molecule has 1 unspecified atom stereocenters. The number of carbonyl (C=O) groups is 1. The van der Waals surface area contributed by atoms with Gasteiger partial charge in [0.05, 0.1) is 29.9 Å². The zero-order chi connectivity index (χ0) is 18.6. The van der Waals surface area contributed by atoms with E-state index in [0.29, 0.717) is 34.0 Å². The molecule has 2 aliphatic rings. The predicted octanol–water partition coefficient (Wildman–Crippen LogP) is 0.461. The number of rotatable bonds is 2. The monoisotopic (exact) mass is 355 g/mol. The number of nitrogens with one attached hydrogen (secondary N) is 1. The Balaban J connectivity index is 2.07. The summed E-state index contributed by atoms with van der Waals surface area (Å²) < 4.78 is 12.9. The number of fused-ring (bicyclic) bond motifs is 1. The molecule has 0 amide bonds. The van der Waals surface area contributed by atoms with Crippen molar-refractivity contribution in [2.24, 2.45) is 14.1 Å². The summed E-state index contributed by atoms with van der Waals surface area (Å²) in [5.74, 6) is -0.126. The molecule has 26 heavy (non-hydrogen) atoms. The SMILES string of the molecule is COc1cccc(C2C3=C(COC3=O)Nc3c2c(=O)n(C)c(=O)n3C)c1. The van der Waals surface area contributed by atoms with Gasteiger partial charge in [-0.25, -0.2) is 9.59 Å². The third kappa shape index (κ3) is 2.11. The Kier molecular flexibility index (Phi) is 3.50. The van der Waals surface area contributed by atoms with E-state index >= 15 is 0 Å².